The molecule has 0 radical (unpaired) electrons. The number of fused-ring (bicyclic) bond motifs is 2. The van der Waals surface area contributed by atoms with E-state index in [2.05, 4.69) is 9.97 Å². The van der Waals surface area contributed by atoms with Crippen LogP contribution in [0.15, 0.2) is 53.8 Å². The van der Waals surface area contributed by atoms with E-state index in [1.807, 2.05) is 12.1 Å². The topological polar surface area (TPSA) is 42.9 Å². The molecule has 0 saturated carbocycles. The number of rotatable bonds is 0. The van der Waals surface area contributed by atoms with Crippen molar-refractivity contribution in [1.82, 2.24) is 9.97 Å². The zero-order valence-electron chi connectivity index (χ0n) is 8.42. The van der Waals surface area contributed by atoms with Gasteiger partial charge >= 0.3 is 0 Å². The Morgan fingerprint density at radius 1 is 0.750 bits per heavy atom. The molecule has 2 aromatic heterocycles. The van der Waals surface area contributed by atoms with Crippen molar-refractivity contribution in [3.63, 3.8) is 0 Å². The molecule has 0 aliphatic heterocycles. The van der Waals surface area contributed by atoms with Crippen LogP contribution in [0.3, 0.4) is 0 Å². The zero-order chi connectivity index (χ0) is 11.0. The predicted octanol–water partition coefficient (Wildman–Crippen LogP) is 2.14. The van der Waals surface area contributed by atoms with Crippen LogP contribution in [0, 0.1) is 0 Å². The maximum absolute atomic E-state index is 12.2. The molecule has 0 amide bonds. The van der Waals surface area contributed by atoms with E-state index in [-0.39, 0.29) is 5.43 Å². The molecule has 16 heavy (non-hydrogen) atoms. The van der Waals surface area contributed by atoms with Gasteiger partial charge in [0.1, 0.15) is 0 Å². The van der Waals surface area contributed by atoms with Crippen molar-refractivity contribution < 1.29 is 0 Å². The van der Waals surface area contributed by atoms with Gasteiger partial charge in [0.05, 0.1) is 0 Å². The van der Waals surface area contributed by atoms with Gasteiger partial charge in [-0.2, -0.15) is 0 Å². The Morgan fingerprint density at radius 3 is 1.75 bits per heavy atom. The number of pyridine rings is 2. The van der Waals surface area contributed by atoms with Gasteiger partial charge in [-0.05, 0) is 12.1 Å². The average Bonchev–Trinajstić information content (AvgIpc) is 2.49. The molecule has 76 valence electrons. The summed E-state index contributed by atoms with van der Waals surface area (Å²) in [4.78, 5) is 20.3. The van der Waals surface area contributed by atoms with E-state index in [9.17, 15) is 4.79 Å². The highest BCUT2D eigenvalue weighted by molar-refractivity contribution is 5.92. The van der Waals surface area contributed by atoms with Crippen LogP contribution in [0.4, 0.5) is 0 Å². The van der Waals surface area contributed by atoms with Crippen molar-refractivity contribution in [2.24, 2.45) is 0 Å². The molecule has 1 aromatic carbocycles. The van der Waals surface area contributed by atoms with E-state index in [4.69, 9.17) is 0 Å². The molecular formula is C13H8N2O. The van der Waals surface area contributed by atoms with E-state index in [1.165, 1.54) is 0 Å². The van der Waals surface area contributed by atoms with Crippen molar-refractivity contribution in [3.8, 4) is 0 Å². The molecule has 0 fully saturated rings. The molecule has 0 N–H and O–H groups in total. The van der Waals surface area contributed by atoms with E-state index >= 15 is 0 Å². The lowest BCUT2D eigenvalue weighted by molar-refractivity contribution is 1.36. The number of aromatic nitrogens is 2. The second-order valence-electron chi connectivity index (χ2n) is 3.59. The minimum atomic E-state index is 0.0276. The summed E-state index contributed by atoms with van der Waals surface area (Å²) in [5, 5.41) is 3.08. The Morgan fingerprint density at radius 2 is 1.25 bits per heavy atom. The highest BCUT2D eigenvalue weighted by Gasteiger charge is 2.00. The first-order valence-corrected chi connectivity index (χ1v) is 4.97. The summed E-state index contributed by atoms with van der Waals surface area (Å²) in [5.74, 6) is 0. The lowest BCUT2D eigenvalue weighted by atomic mass is 10.2. The molecule has 0 aliphatic carbocycles. The van der Waals surface area contributed by atoms with Crippen molar-refractivity contribution in [3.05, 3.63) is 59.3 Å². The summed E-state index contributed by atoms with van der Waals surface area (Å²) in [6, 6.07) is 7.29. The van der Waals surface area contributed by atoms with Crippen LogP contribution in [0.2, 0.25) is 0 Å². The summed E-state index contributed by atoms with van der Waals surface area (Å²) < 4.78 is 0. The number of hydrogen-bond donors (Lipinski definition) is 0. The Hall–Kier alpha value is -2.29. The molecule has 3 heteroatoms. The predicted molar refractivity (Wildman–Crippen MR) is 63.3 cm³/mol. The monoisotopic (exact) mass is 208 g/mol. The Labute approximate surface area is 91.4 Å². The summed E-state index contributed by atoms with van der Waals surface area (Å²) in [7, 11) is 0. The molecule has 0 unspecified atom stereocenters. The normalized spacial score (nSPS) is 10.8. The smallest absolute Gasteiger partial charge is 0.194 e. The van der Waals surface area contributed by atoms with Gasteiger partial charge < -0.3 is 0 Å². The number of hydrogen-bond acceptors (Lipinski definition) is 3. The fourth-order valence-corrected chi connectivity index (χ4v) is 1.82. The van der Waals surface area contributed by atoms with Gasteiger partial charge in [-0.1, -0.05) is 12.1 Å². The molecule has 0 saturated heterocycles. The van der Waals surface area contributed by atoms with E-state index < -0.39 is 0 Å². The van der Waals surface area contributed by atoms with Gasteiger partial charge in [-0.3, -0.25) is 14.8 Å². The fourth-order valence-electron chi connectivity index (χ4n) is 1.82. The summed E-state index contributed by atoms with van der Waals surface area (Å²) in [6.07, 6.45) is 6.67. The highest BCUT2D eigenvalue weighted by atomic mass is 16.1. The zero-order valence-corrected chi connectivity index (χ0v) is 8.42. The standard InChI is InChI=1S/C13H8N2O/c16-13-11-3-5-14-7-9(11)1-2-10-8-15-6-4-12(10)13/h1-8H. The SMILES string of the molecule is O=c1c2ccncc2ccc2cnccc12. The Kier molecular flexibility index (Phi) is 1.90. The van der Waals surface area contributed by atoms with Crippen LogP contribution in [0.25, 0.3) is 21.5 Å². The average molecular weight is 208 g/mol. The minimum Gasteiger partial charge on any atom is -0.289 e. The Balaban J connectivity index is 2.69. The van der Waals surface area contributed by atoms with Crippen molar-refractivity contribution in [2.45, 2.75) is 0 Å². The third-order valence-electron chi connectivity index (χ3n) is 2.64. The van der Waals surface area contributed by atoms with Gasteiger partial charge in [0.2, 0.25) is 0 Å². The summed E-state index contributed by atoms with van der Waals surface area (Å²) >= 11 is 0. The van der Waals surface area contributed by atoms with Gasteiger partial charge in [0.15, 0.2) is 5.43 Å². The Bertz CT molecular complexity index is 676. The molecule has 0 spiro atoms. The van der Waals surface area contributed by atoms with Crippen molar-refractivity contribution in [1.29, 1.82) is 0 Å². The molecule has 0 aliphatic rings. The first-order chi connectivity index (χ1) is 7.86. The fraction of sp³-hybridized carbons (Fsp3) is 0. The first-order valence-electron chi connectivity index (χ1n) is 4.97. The molecule has 0 bridgehead atoms. The third kappa shape index (κ3) is 1.26. The van der Waals surface area contributed by atoms with Crippen LogP contribution in [-0.4, -0.2) is 9.97 Å². The van der Waals surface area contributed by atoms with E-state index in [1.54, 1.807) is 36.9 Å². The minimum absolute atomic E-state index is 0.0276. The largest absolute Gasteiger partial charge is 0.289 e. The quantitative estimate of drug-likeness (QED) is 0.568. The number of nitrogens with zero attached hydrogens (tertiary/aromatic N) is 2. The van der Waals surface area contributed by atoms with Crippen LogP contribution in [-0.2, 0) is 0 Å². The second-order valence-corrected chi connectivity index (χ2v) is 3.59. The van der Waals surface area contributed by atoms with Crippen LogP contribution in [0.1, 0.15) is 0 Å². The second kappa shape index (κ2) is 3.38. The molecule has 3 rings (SSSR count). The van der Waals surface area contributed by atoms with E-state index in [0.29, 0.717) is 10.8 Å². The van der Waals surface area contributed by atoms with Crippen LogP contribution < -0.4 is 5.43 Å². The van der Waals surface area contributed by atoms with Crippen molar-refractivity contribution in [2.75, 3.05) is 0 Å². The van der Waals surface area contributed by atoms with Gasteiger partial charge in [0.25, 0.3) is 0 Å². The molecular weight excluding hydrogens is 200 g/mol. The van der Waals surface area contributed by atoms with Gasteiger partial charge in [0, 0.05) is 46.3 Å². The summed E-state index contributed by atoms with van der Waals surface area (Å²) in [5.41, 5.74) is 0.0276. The van der Waals surface area contributed by atoms with Gasteiger partial charge in [-0.15, -0.1) is 0 Å². The van der Waals surface area contributed by atoms with E-state index in [0.717, 1.165) is 10.8 Å². The summed E-state index contributed by atoms with van der Waals surface area (Å²) in [6.45, 7) is 0. The molecule has 2 heterocycles. The third-order valence-corrected chi connectivity index (χ3v) is 2.64. The van der Waals surface area contributed by atoms with Crippen LogP contribution in [0.5, 0.6) is 0 Å². The highest BCUT2D eigenvalue weighted by Crippen LogP contribution is 2.12. The maximum Gasteiger partial charge on any atom is 0.194 e. The lowest BCUT2D eigenvalue weighted by Gasteiger charge is -1.89. The van der Waals surface area contributed by atoms with Gasteiger partial charge in [-0.25, -0.2) is 0 Å². The maximum atomic E-state index is 12.2. The molecule has 0 atom stereocenters. The molecule has 3 aromatic rings. The lowest BCUT2D eigenvalue weighted by Crippen LogP contribution is -1.98. The molecule has 3 nitrogen and oxygen atoms in total. The van der Waals surface area contributed by atoms with Crippen molar-refractivity contribution >= 4 is 21.5 Å². The first kappa shape index (κ1) is 8.97. The van der Waals surface area contributed by atoms with Crippen LogP contribution >= 0.6 is 0 Å².